The Bertz CT molecular complexity index is 1180. The van der Waals surface area contributed by atoms with Gasteiger partial charge in [0.15, 0.2) is 0 Å². The van der Waals surface area contributed by atoms with Crippen molar-refractivity contribution in [3.63, 3.8) is 0 Å². The molecule has 4 aromatic rings. The van der Waals surface area contributed by atoms with Gasteiger partial charge < -0.3 is 10.1 Å². The third kappa shape index (κ3) is 4.49. The molecule has 30 heavy (non-hydrogen) atoms. The van der Waals surface area contributed by atoms with Crippen LogP contribution >= 0.6 is 23.1 Å². The molecule has 1 amide bonds. The number of rotatable bonds is 7. The molecule has 0 spiro atoms. The second kappa shape index (κ2) is 8.89. The van der Waals surface area contributed by atoms with Gasteiger partial charge >= 0.3 is 0 Å². The number of carbonyl (C=O) groups is 1. The fourth-order valence-corrected chi connectivity index (χ4v) is 4.62. The maximum Gasteiger partial charge on any atom is 0.235 e. The lowest BCUT2D eigenvalue weighted by atomic mass is 10.2. The molecule has 6 nitrogen and oxygen atoms in total. The zero-order valence-corrected chi connectivity index (χ0v) is 18.6. The Morgan fingerprint density at radius 3 is 2.77 bits per heavy atom. The van der Waals surface area contributed by atoms with Crippen molar-refractivity contribution in [2.45, 2.75) is 25.7 Å². The molecule has 0 fully saturated rings. The first kappa shape index (κ1) is 20.4. The van der Waals surface area contributed by atoms with Crippen molar-refractivity contribution in [2.75, 3.05) is 17.7 Å². The Labute approximate surface area is 183 Å². The molecule has 0 saturated carbocycles. The largest absolute Gasteiger partial charge is 0.492 e. The first-order valence-electron chi connectivity index (χ1n) is 9.62. The number of aromatic nitrogens is 3. The monoisotopic (exact) mass is 438 g/mol. The Hall–Kier alpha value is -2.84. The minimum absolute atomic E-state index is 0.0853. The van der Waals surface area contributed by atoms with Gasteiger partial charge in [-0.05, 0) is 45.0 Å². The SMILES string of the molecule is CCOc1cccc2sc(-n3nc(C)cc3NC(=O)CSc3ccc(C)cc3)nc12. The highest BCUT2D eigenvalue weighted by Crippen LogP contribution is 2.32. The second-order valence-electron chi connectivity index (χ2n) is 6.77. The molecule has 8 heteroatoms. The van der Waals surface area contributed by atoms with Crippen molar-refractivity contribution >= 4 is 45.0 Å². The molecule has 0 aliphatic carbocycles. The van der Waals surface area contributed by atoms with Crippen LogP contribution in [0.1, 0.15) is 18.2 Å². The maximum atomic E-state index is 12.5. The predicted octanol–water partition coefficient (Wildman–Crippen LogP) is 5.23. The third-order valence-corrected chi connectivity index (χ3v) is 6.35. The number of nitrogens with one attached hydrogen (secondary N) is 1. The number of thiazole rings is 1. The number of ether oxygens (including phenoxy) is 1. The van der Waals surface area contributed by atoms with E-state index >= 15 is 0 Å². The Balaban J connectivity index is 1.54. The molecule has 2 aromatic carbocycles. The number of benzene rings is 2. The Morgan fingerprint density at radius 2 is 2.00 bits per heavy atom. The van der Waals surface area contributed by atoms with Crippen LogP contribution in [0.25, 0.3) is 15.3 Å². The number of para-hydroxylation sites is 1. The normalized spacial score (nSPS) is 11.0. The van der Waals surface area contributed by atoms with Crippen molar-refractivity contribution in [2.24, 2.45) is 0 Å². The van der Waals surface area contributed by atoms with E-state index < -0.39 is 0 Å². The van der Waals surface area contributed by atoms with Gasteiger partial charge in [-0.1, -0.05) is 35.1 Å². The fourth-order valence-electron chi connectivity index (χ4n) is 2.97. The first-order chi connectivity index (χ1) is 14.5. The molecule has 2 heterocycles. The second-order valence-corrected chi connectivity index (χ2v) is 8.82. The van der Waals surface area contributed by atoms with E-state index in [0.29, 0.717) is 23.3 Å². The van der Waals surface area contributed by atoms with Crippen molar-refractivity contribution in [3.05, 3.63) is 59.8 Å². The molecular formula is C22H22N4O2S2. The lowest BCUT2D eigenvalue weighted by Gasteiger charge is -2.07. The number of thioether (sulfide) groups is 1. The van der Waals surface area contributed by atoms with Crippen LogP contribution in [-0.2, 0) is 4.79 Å². The van der Waals surface area contributed by atoms with E-state index in [1.807, 2.05) is 69.3 Å². The number of hydrogen-bond donors (Lipinski definition) is 1. The topological polar surface area (TPSA) is 69.0 Å². The van der Waals surface area contributed by atoms with Gasteiger partial charge in [0.05, 0.1) is 22.8 Å². The van der Waals surface area contributed by atoms with Gasteiger partial charge in [-0.15, -0.1) is 11.8 Å². The van der Waals surface area contributed by atoms with E-state index in [0.717, 1.165) is 26.6 Å². The molecule has 0 radical (unpaired) electrons. The number of nitrogens with zero attached hydrogens (tertiary/aromatic N) is 3. The molecule has 0 unspecified atom stereocenters. The quantitative estimate of drug-likeness (QED) is 0.400. The van der Waals surface area contributed by atoms with Crippen molar-refractivity contribution in [1.82, 2.24) is 14.8 Å². The highest BCUT2D eigenvalue weighted by molar-refractivity contribution is 8.00. The summed E-state index contributed by atoms with van der Waals surface area (Å²) >= 11 is 3.01. The molecule has 0 saturated heterocycles. The van der Waals surface area contributed by atoms with Crippen LogP contribution in [0.15, 0.2) is 53.4 Å². The van der Waals surface area contributed by atoms with Crippen molar-refractivity contribution in [3.8, 4) is 10.9 Å². The van der Waals surface area contributed by atoms with Crippen molar-refractivity contribution in [1.29, 1.82) is 0 Å². The van der Waals surface area contributed by atoms with Gasteiger partial charge in [0.2, 0.25) is 11.0 Å². The van der Waals surface area contributed by atoms with Gasteiger partial charge in [0.1, 0.15) is 17.1 Å². The lowest BCUT2D eigenvalue weighted by Crippen LogP contribution is -2.16. The minimum Gasteiger partial charge on any atom is -0.492 e. The molecule has 154 valence electrons. The average molecular weight is 439 g/mol. The summed E-state index contributed by atoms with van der Waals surface area (Å²) in [5, 5.41) is 8.19. The van der Waals surface area contributed by atoms with Crippen LogP contribution in [0.4, 0.5) is 5.82 Å². The summed E-state index contributed by atoms with van der Waals surface area (Å²) < 4.78 is 8.39. The van der Waals surface area contributed by atoms with Gasteiger partial charge in [-0.2, -0.15) is 9.78 Å². The summed E-state index contributed by atoms with van der Waals surface area (Å²) in [6.45, 7) is 6.47. The van der Waals surface area contributed by atoms with Crippen molar-refractivity contribution < 1.29 is 9.53 Å². The molecule has 0 aliphatic heterocycles. The minimum atomic E-state index is -0.0853. The summed E-state index contributed by atoms with van der Waals surface area (Å²) in [4.78, 5) is 18.3. The number of anilines is 1. The Kier molecular flexibility index (Phi) is 6.06. The van der Waals surface area contributed by atoms with E-state index in [2.05, 4.69) is 10.4 Å². The number of hydrogen-bond acceptors (Lipinski definition) is 6. The lowest BCUT2D eigenvalue weighted by molar-refractivity contribution is -0.113. The molecule has 0 bridgehead atoms. The number of fused-ring (bicyclic) bond motifs is 1. The van der Waals surface area contributed by atoms with E-state index in [-0.39, 0.29) is 5.91 Å². The molecule has 0 aliphatic rings. The molecule has 1 N–H and O–H groups in total. The highest BCUT2D eigenvalue weighted by atomic mass is 32.2. The fraction of sp³-hybridized carbons (Fsp3) is 0.227. The van der Waals surface area contributed by atoms with Gasteiger partial charge in [0, 0.05) is 11.0 Å². The summed E-state index contributed by atoms with van der Waals surface area (Å²) in [6.07, 6.45) is 0. The zero-order chi connectivity index (χ0) is 21.1. The van der Waals surface area contributed by atoms with Gasteiger partial charge in [-0.25, -0.2) is 4.98 Å². The Morgan fingerprint density at radius 1 is 1.20 bits per heavy atom. The first-order valence-corrected chi connectivity index (χ1v) is 11.4. The van der Waals surface area contributed by atoms with Crippen LogP contribution in [0.2, 0.25) is 0 Å². The van der Waals surface area contributed by atoms with E-state index in [1.165, 1.54) is 28.7 Å². The number of carbonyl (C=O) groups excluding carboxylic acids is 1. The van der Waals surface area contributed by atoms with Crippen LogP contribution in [0, 0.1) is 13.8 Å². The average Bonchev–Trinajstić information content (AvgIpc) is 3.31. The summed E-state index contributed by atoms with van der Waals surface area (Å²) in [7, 11) is 0. The smallest absolute Gasteiger partial charge is 0.235 e. The molecule has 0 atom stereocenters. The number of aryl methyl sites for hydroxylation is 2. The zero-order valence-electron chi connectivity index (χ0n) is 17.0. The standard InChI is InChI=1S/C22H22N4O2S2/c1-4-28-17-6-5-7-18-21(17)24-22(30-18)26-19(12-15(3)25-26)23-20(27)13-29-16-10-8-14(2)9-11-16/h5-12H,4,13H2,1-3H3,(H,23,27). The van der Waals surface area contributed by atoms with E-state index in [4.69, 9.17) is 9.72 Å². The predicted molar refractivity (Wildman–Crippen MR) is 123 cm³/mol. The molecular weight excluding hydrogens is 416 g/mol. The maximum absolute atomic E-state index is 12.5. The van der Waals surface area contributed by atoms with Crippen LogP contribution in [0.3, 0.4) is 0 Å². The van der Waals surface area contributed by atoms with Crippen LogP contribution in [-0.4, -0.2) is 33.0 Å². The highest BCUT2D eigenvalue weighted by Gasteiger charge is 2.16. The summed E-state index contributed by atoms with van der Waals surface area (Å²) in [5.41, 5.74) is 2.81. The summed E-state index contributed by atoms with van der Waals surface area (Å²) in [5.74, 6) is 1.60. The van der Waals surface area contributed by atoms with Gasteiger partial charge in [-0.3, -0.25) is 4.79 Å². The van der Waals surface area contributed by atoms with Crippen LogP contribution in [0.5, 0.6) is 5.75 Å². The number of amides is 1. The third-order valence-electron chi connectivity index (χ3n) is 4.34. The van der Waals surface area contributed by atoms with E-state index in [9.17, 15) is 4.79 Å². The van der Waals surface area contributed by atoms with Crippen LogP contribution < -0.4 is 10.1 Å². The van der Waals surface area contributed by atoms with Gasteiger partial charge in [0.25, 0.3) is 0 Å². The summed E-state index contributed by atoms with van der Waals surface area (Å²) in [6, 6.07) is 15.9. The molecule has 4 rings (SSSR count). The molecule has 2 aromatic heterocycles. The van der Waals surface area contributed by atoms with E-state index in [1.54, 1.807) is 4.68 Å².